The van der Waals surface area contributed by atoms with E-state index in [2.05, 4.69) is 26.9 Å². The molecule has 158 valence electrons. The molecule has 2 aromatic rings. The Kier molecular flexibility index (Phi) is 6.27. The molecule has 2 amide bonds. The monoisotopic (exact) mass is 471 g/mol. The highest BCUT2D eigenvalue weighted by Gasteiger charge is 2.38. The highest BCUT2D eigenvalue weighted by atomic mass is 79.9. The normalized spacial score (nSPS) is 19.3. The average molecular weight is 472 g/mol. The van der Waals surface area contributed by atoms with E-state index in [1.165, 1.54) is 0 Å². The van der Waals surface area contributed by atoms with E-state index in [4.69, 9.17) is 4.74 Å². The van der Waals surface area contributed by atoms with Crippen molar-refractivity contribution in [1.82, 2.24) is 4.90 Å². The third-order valence-corrected chi connectivity index (χ3v) is 6.24. The van der Waals surface area contributed by atoms with Crippen LogP contribution in [0, 0.1) is 5.92 Å². The summed E-state index contributed by atoms with van der Waals surface area (Å²) in [6.45, 7) is 5.88. The molecule has 4 rings (SSSR count). The van der Waals surface area contributed by atoms with Crippen LogP contribution in [0.25, 0.3) is 0 Å². The summed E-state index contributed by atoms with van der Waals surface area (Å²) in [7, 11) is 0. The van der Waals surface area contributed by atoms with Crippen molar-refractivity contribution in [2.75, 3.05) is 49.1 Å². The first-order valence-corrected chi connectivity index (χ1v) is 11.2. The molecule has 30 heavy (non-hydrogen) atoms. The minimum Gasteiger partial charge on any atom is -0.492 e. The summed E-state index contributed by atoms with van der Waals surface area (Å²) >= 11 is 3.41. The van der Waals surface area contributed by atoms with Gasteiger partial charge in [0.2, 0.25) is 11.8 Å². The maximum atomic E-state index is 13.1. The topological polar surface area (TPSA) is 53.1 Å². The number of hydrogen-bond donors (Lipinski definition) is 0. The quantitative estimate of drug-likeness (QED) is 0.668. The van der Waals surface area contributed by atoms with Gasteiger partial charge in [-0.25, -0.2) is 0 Å². The maximum absolute atomic E-state index is 13.1. The zero-order valence-corrected chi connectivity index (χ0v) is 18.7. The van der Waals surface area contributed by atoms with E-state index < -0.39 is 0 Å². The highest BCUT2D eigenvalue weighted by molar-refractivity contribution is 9.10. The van der Waals surface area contributed by atoms with Crippen LogP contribution in [0.2, 0.25) is 0 Å². The molecule has 2 aliphatic rings. The molecule has 1 unspecified atom stereocenters. The molecule has 2 saturated heterocycles. The summed E-state index contributed by atoms with van der Waals surface area (Å²) < 4.78 is 6.72. The predicted octanol–water partition coefficient (Wildman–Crippen LogP) is 3.55. The van der Waals surface area contributed by atoms with Crippen molar-refractivity contribution >= 4 is 39.1 Å². The second-order valence-electron chi connectivity index (χ2n) is 7.59. The zero-order chi connectivity index (χ0) is 21.1. The summed E-state index contributed by atoms with van der Waals surface area (Å²) in [5.74, 6) is 0.704. The number of benzene rings is 2. The molecule has 0 N–H and O–H groups in total. The molecule has 2 aromatic carbocycles. The number of ether oxygens (including phenoxy) is 1. The highest BCUT2D eigenvalue weighted by Crippen LogP contribution is 2.30. The molecular weight excluding hydrogens is 446 g/mol. The van der Waals surface area contributed by atoms with E-state index in [-0.39, 0.29) is 24.2 Å². The molecule has 2 heterocycles. The van der Waals surface area contributed by atoms with Crippen LogP contribution in [0.15, 0.2) is 53.0 Å². The molecule has 2 aliphatic heterocycles. The lowest BCUT2D eigenvalue weighted by Gasteiger charge is -2.37. The van der Waals surface area contributed by atoms with E-state index >= 15 is 0 Å². The van der Waals surface area contributed by atoms with Crippen LogP contribution in [-0.4, -0.2) is 56.0 Å². The van der Waals surface area contributed by atoms with Gasteiger partial charge in [-0.1, -0.05) is 28.1 Å². The summed E-state index contributed by atoms with van der Waals surface area (Å²) in [5.41, 5.74) is 1.92. The van der Waals surface area contributed by atoms with Gasteiger partial charge < -0.3 is 19.4 Å². The molecule has 0 radical (unpaired) electrons. The van der Waals surface area contributed by atoms with Crippen molar-refractivity contribution in [3.05, 3.63) is 53.0 Å². The Hall–Kier alpha value is -2.54. The van der Waals surface area contributed by atoms with Crippen molar-refractivity contribution in [3.8, 4) is 5.75 Å². The van der Waals surface area contributed by atoms with Crippen LogP contribution in [0.5, 0.6) is 5.75 Å². The fourth-order valence-corrected chi connectivity index (χ4v) is 4.43. The minimum absolute atomic E-state index is 0.0138. The largest absolute Gasteiger partial charge is 0.492 e. The lowest BCUT2D eigenvalue weighted by atomic mass is 10.1. The maximum Gasteiger partial charge on any atom is 0.228 e. The van der Waals surface area contributed by atoms with Crippen molar-refractivity contribution < 1.29 is 14.3 Å². The first-order chi connectivity index (χ1) is 14.6. The van der Waals surface area contributed by atoms with Crippen LogP contribution in [-0.2, 0) is 9.59 Å². The second-order valence-corrected chi connectivity index (χ2v) is 8.51. The number of carbonyl (C=O) groups excluding carboxylic acids is 2. The summed E-state index contributed by atoms with van der Waals surface area (Å²) in [4.78, 5) is 31.5. The fourth-order valence-electron chi connectivity index (χ4n) is 4.17. The van der Waals surface area contributed by atoms with Gasteiger partial charge in [-0.05, 0) is 43.3 Å². The Morgan fingerprint density at radius 1 is 1.07 bits per heavy atom. The van der Waals surface area contributed by atoms with Crippen LogP contribution >= 0.6 is 15.9 Å². The number of hydrogen-bond acceptors (Lipinski definition) is 4. The van der Waals surface area contributed by atoms with Gasteiger partial charge in [-0.2, -0.15) is 0 Å². The zero-order valence-electron chi connectivity index (χ0n) is 17.1. The number of anilines is 2. The molecule has 0 spiro atoms. The number of halogens is 1. The van der Waals surface area contributed by atoms with Gasteiger partial charge in [0.1, 0.15) is 5.75 Å². The first kappa shape index (κ1) is 20.7. The number of amides is 2. The standard InChI is InChI=1S/C23H26BrN3O3/c1-2-30-21-6-4-3-5-20(21)25-11-13-26(14-12-25)23(29)17-15-22(28)27(16-17)19-9-7-18(24)8-10-19/h3-10,17H,2,11-16H2,1H3. The Balaban J connectivity index is 1.37. The number of carbonyl (C=O) groups is 2. The van der Waals surface area contributed by atoms with E-state index in [1.807, 2.05) is 54.3 Å². The Morgan fingerprint density at radius 2 is 1.77 bits per heavy atom. The third kappa shape index (κ3) is 4.31. The van der Waals surface area contributed by atoms with E-state index in [9.17, 15) is 9.59 Å². The smallest absolute Gasteiger partial charge is 0.228 e. The van der Waals surface area contributed by atoms with Crippen LogP contribution < -0.4 is 14.5 Å². The van der Waals surface area contributed by atoms with Crippen LogP contribution in [0.4, 0.5) is 11.4 Å². The van der Waals surface area contributed by atoms with Gasteiger partial charge in [0, 0.05) is 49.3 Å². The van der Waals surface area contributed by atoms with Crippen LogP contribution in [0.3, 0.4) is 0 Å². The second kappa shape index (κ2) is 9.08. The van der Waals surface area contributed by atoms with Crippen molar-refractivity contribution in [1.29, 1.82) is 0 Å². The Morgan fingerprint density at radius 3 is 2.47 bits per heavy atom. The molecular formula is C23H26BrN3O3. The lowest BCUT2D eigenvalue weighted by Crippen LogP contribution is -2.50. The molecule has 0 saturated carbocycles. The van der Waals surface area contributed by atoms with Crippen molar-refractivity contribution in [2.45, 2.75) is 13.3 Å². The van der Waals surface area contributed by atoms with Gasteiger partial charge in [0.15, 0.2) is 0 Å². The van der Waals surface area contributed by atoms with Gasteiger partial charge >= 0.3 is 0 Å². The number of para-hydroxylation sites is 2. The van der Waals surface area contributed by atoms with Crippen LogP contribution in [0.1, 0.15) is 13.3 Å². The Bertz CT molecular complexity index is 910. The Labute approximate surface area is 185 Å². The van der Waals surface area contributed by atoms with Gasteiger partial charge in [-0.3, -0.25) is 9.59 Å². The SMILES string of the molecule is CCOc1ccccc1N1CCN(C(=O)C2CC(=O)N(c3ccc(Br)cc3)C2)CC1. The average Bonchev–Trinajstić information content (AvgIpc) is 3.16. The molecule has 7 heteroatoms. The van der Waals surface area contributed by atoms with E-state index in [0.29, 0.717) is 26.2 Å². The number of rotatable bonds is 5. The molecule has 0 bridgehead atoms. The first-order valence-electron chi connectivity index (χ1n) is 10.4. The molecule has 0 aromatic heterocycles. The lowest BCUT2D eigenvalue weighted by molar-refractivity contribution is -0.136. The van der Waals surface area contributed by atoms with Crippen molar-refractivity contribution in [3.63, 3.8) is 0 Å². The number of nitrogens with zero attached hydrogens (tertiary/aromatic N) is 3. The summed E-state index contributed by atoms with van der Waals surface area (Å²) in [6, 6.07) is 15.7. The molecule has 1 atom stereocenters. The summed E-state index contributed by atoms with van der Waals surface area (Å²) in [5, 5.41) is 0. The predicted molar refractivity (Wildman–Crippen MR) is 121 cm³/mol. The fraction of sp³-hybridized carbons (Fsp3) is 0.391. The molecule has 6 nitrogen and oxygen atoms in total. The third-order valence-electron chi connectivity index (χ3n) is 5.71. The molecule has 0 aliphatic carbocycles. The minimum atomic E-state index is -0.275. The van der Waals surface area contributed by atoms with E-state index in [0.717, 1.165) is 34.7 Å². The number of piperazine rings is 1. The van der Waals surface area contributed by atoms with Crippen molar-refractivity contribution in [2.24, 2.45) is 5.92 Å². The van der Waals surface area contributed by atoms with E-state index in [1.54, 1.807) is 4.90 Å². The molecule has 2 fully saturated rings. The van der Waals surface area contributed by atoms with Gasteiger partial charge in [0.25, 0.3) is 0 Å². The van der Waals surface area contributed by atoms with Gasteiger partial charge in [-0.15, -0.1) is 0 Å². The van der Waals surface area contributed by atoms with Gasteiger partial charge in [0.05, 0.1) is 18.2 Å². The summed E-state index contributed by atoms with van der Waals surface area (Å²) in [6.07, 6.45) is 0.280.